The number of carbonyl (C=O) groups is 1. The molecule has 1 aromatic carbocycles. The van der Waals surface area contributed by atoms with E-state index in [1.807, 2.05) is 18.3 Å². The number of anilines is 1. The standard InChI is InChI=1S/C21H20BrClF3N5O/c22-14-4-8-18-29-20(30-31(18)11-14)27-10-12-1-5-15(6-2-12)28-19(32)16-9-13(21(24,25)26)3-7-17(16)23/h3-4,7-9,11-12,15H,1-2,5-6,10H2,(H,27,30)(H,28,32). The zero-order valence-electron chi connectivity index (χ0n) is 16.8. The Morgan fingerprint density at radius 2 is 1.94 bits per heavy atom. The van der Waals surface area contributed by atoms with Crippen molar-refractivity contribution in [2.45, 2.75) is 37.9 Å². The molecular formula is C21H20BrClF3N5O. The molecule has 0 saturated heterocycles. The summed E-state index contributed by atoms with van der Waals surface area (Å²) in [7, 11) is 0. The summed E-state index contributed by atoms with van der Waals surface area (Å²) >= 11 is 9.37. The highest BCUT2D eigenvalue weighted by Gasteiger charge is 2.32. The van der Waals surface area contributed by atoms with Crippen LogP contribution in [0.4, 0.5) is 19.1 Å². The van der Waals surface area contributed by atoms with Gasteiger partial charge in [0.15, 0.2) is 5.65 Å². The van der Waals surface area contributed by atoms with Gasteiger partial charge in [-0.1, -0.05) is 11.6 Å². The van der Waals surface area contributed by atoms with Crippen molar-refractivity contribution in [3.05, 3.63) is 57.2 Å². The quantitative estimate of drug-likeness (QED) is 0.453. The topological polar surface area (TPSA) is 71.3 Å². The molecule has 6 nitrogen and oxygen atoms in total. The van der Waals surface area contributed by atoms with E-state index < -0.39 is 17.6 Å². The van der Waals surface area contributed by atoms with Gasteiger partial charge in [-0.25, -0.2) is 4.52 Å². The molecular weight excluding hydrogens is 511 g/mol. The van der Waals surface area contributed by atoms with Crippen LogP contribution < -0.4 is 10.6 Å². The number of benzene rings is 1. The van der Waals surface area contributed by atoms with Crippen molar-refractivity contribution in [3.63, 3.8) is 0 Å². The van der Waals surface area contributed by atoms with Crippen LogP contribution in [0.5, 0.6) is 0 Å². The van der Waals surface area contributed by atoms with Gasteiger partial charge in [0.25, 0.3) is 5.91 Å². The van der Waals surface area contributed by atoms with Crippen molar-refractivity contribution in [1.29, 1.82) is 0 Å². The summed E-state index contributed by atoms with van der Waals surface area (Å²) in [5.74, 6) is 0.360. The van der Waals surface area contributed by atoms with Gasteiger partial charge in [0.1, 0.15) is 0 Å². The first-order chi connectivity index (χ1) is 15.2. The monoisotopic (exact) mass is 529 g/mol. The maximum atomic E-state index is 12.9. The number of hydrogen-bond donors (Lipinski definition) is 2. The summed E-state index contributed by atoms with van der Waals surface area (Å²) < 4.78 is 41.4. The zero-order valence-corrected chi connectivity index (χ0v) is 19.1. The number of hydrogen-bond acceptors (Lipinski definition) is 4. The van der Waals surface area contributed by atoms with Gasteiger partial charge in [0.2, 0.25) is 5.95 Å². The Hall–Kier alpha value is -2.33. The van der Waals surface area contributed by atoms with Crippen LogP contribution >= 0.6 is 27.5 Å². The van der Waals surface area contributed by atoms with Crippen LogP contribution in [0.25, 0.3) is 5.65 Å². The number of carbonyl (C=O) groups excluding carboxylic acids is 1. The van der Waals surface area contributed by atoms with Crippen molar-refractivity contribution in [2.24, 2.45) is 5.92 Å². The summed E-state index contributed by atoms with van der Waals surface area (Å²) in [6.45, 7) is 0.707. The second kappa shape index (κ2) is 9.27. The fourth-order valence-electron chi connectivity index (χ4n) is 3.82. The molecule has 0 bridgehead atoms. The average molecular weight is 531 g/mol. The van der Waals surface area contributed by atoms with Crippen molar-refractivity contribution >= 4 is 45.0 Å². The van der Waals surface area contributed by atoms with E-state index in [-0.39, 0.29) is 16.6 Å². The average Bonchev–Trinajstić information content (AvgIpc) is 3.14. The first-order valence-corrected chi connectivity index (χ1v) is 11.3. The Balaban J connectivity index is 1.28. The SMILES string of the molecule is O=C(NC1CCC(CNc2nc3ccc(Br)cn3n2)CC1)c1cc(C(F)(F)F)ccc1Cl. The minimum Gasteiger partial charge on any atom is -0.353 e. The molecule has 3 aromatic rings. The number of amides is 1. The first kappa shape index (κ1) is 22.8. The molecule has 1 aliphatic rings. The van der Waals surface area contributed by atoms with E-state index >= 15 is 0 Å². The molecule has 1 amide bonds. The second-order valence-electron chi connectivity index (χ2n) is 7.85. The summed E-state index contributed by atoms with van der Waals surface area (Å²) in [6, 6.07) is 6.44. The lowest BCUT2D eigenvalue weighted by molar-refractivity contribution is -0.137. The van der Waals surface area contributed by atoms with E-state index in [9.17, 15) is 18.0 Å². The van der Waals surface area contributed by atoms with E-state index in [2.05, 4.69) is 36.6 Å². The molecule has 170 valence electrons. The highest BCUT2D eigenvalue weighted by atomic mass is 79.9. The molecule has 11 heteroatoms. The lowest BCUT2D eigenvalue weighted by atomic mass is 9.86. The van der Waals surface area contributed by atoms with Crippen LogP contribution in [0, 0.1) is 5.92 Å². The van der Waals surface area contributed by atoms with Gasteiger partial charge in [-0.3, -0.25) is 4.79 Å². The van der Waals surface area contributed by atoms with Crippen LogP contribution in [-0.4, -0.2) is 33.1 Å². The van der Waals surface area contributed by atoms with Gasteiger partial charge in [-0.2, -0.15) is 18.2 Å². The largest absolute Gasteiger partial charge is 0.416 e. The lowest BCUT2D eigenvalue weighted by Crippen LogP contribution is -2.38. The maximum absolute atomic E-state index is 12.9. The lowest BCUT2D eigenvalue weighted by Gasteiger charge is -2.29. The molecule has 2 aromatic heterocycles. The third-order valence-corrected chi connectivity index (χ3v) is 6.36. The van der Waals surface area contributed by atoms with Crippen LogP contribution in [-0.2, 0) is 6.18 Å². The molecule has 1 saturated carbocycles. The molecule has 0 spiro atoms. The molecule has 2 N–H and O–H groups in total. The highest BCUT2D eigenvalue weighted by Crippen LogP contribution is 2.32. The predicted octanol–water partition coefficient (Wildman–Crippen LogP) is 5.56. The molecule has 0 radical (unpaired) electrons. The molecule has 2 heterocycles. The number of alkyl halides is 3. The van der Waals surface area contributed by atoms with Gasteiger partial charge in [-0.05, 0) is 77.9 Å². The number of aromatic nitrogens is 3. The van der Waals surface area contributed by atoms with Gasteiger partial charge < -0.3 is 10.6 Å². The van der Waals surface area contributed by atoms with E-state index in [1.54, 1.807) is 4.52 Å². The molecule has 0 atom stereocenters. The van der Waals surface area contributed by atoms with Crippen molar-refractivity contribution in [3.8, 4) is 0 Å². The Labute approximate surface area is 195 Å². The number of nitrogens with one attached hydrogen (secondary N) is 2. The minimum absolute atomic E-state index is 0.000343. The number of halogens is 5. The molecule has 0 unspecified atom stereocenters. The first-order valence-electron chi connectivity index (χ1n) is 10.1. The van der Waals surface area contributed by atoms with E-state index in [4.69, 9.17) is 11.6 Å². The number of pyridine rings is 1. The number of fused-ring (bicyclic) bond motifs is 1. The van der Waals surface area contributed by atoms with Crippen molar-refractivity contribution < 1.29 is 18.0 Å². The van der Waals surface area contributed by atoms with Crippen LogP contribution in [0.15, 0.2) is 41.0 Å². The summed E-state index contributed by atoms with van der Waals surface area (Å²) in [5, 5.41) is 10.5. The summed E-state index contributed by atoms with van der Waals surface area (Å²) in [5.41, 5.74) is -0.306. The third-order valence-electron chi connectivity index (χ3n) is 5.56. The van der Waals surface area contributed by atoms with E-state index in [0.717, 1.165) is 54.0 Å². The Morgan fingerprint density at radius 1 is 1.19 bits per heavy atom. The van der Waals surface area contributed by atoms with Gasteiger partial charge in [0.05, 0.1) is 16.1 Å². The minimum atomic E-state index is -4.53. The second-order valence-corrected chi connectivity index (χ2v) is 9.17. The number of nitrogens with zero attached hydrogens (tertiary/aromatic N) is 3. The molecule has 1 aliphatic carbocycles. The zero-order chi connectivity index (χ0) is 22.9. The summed E-state index contributed by atoms with van der Waals surface area (Å²) in [4.78, 5) is 16.9. The Kier molecular flexibility index (Phi) is 6.62. The van der Waals surface area contributed by atoms with Gasteiger partial charge >= 0.3 is 6.18 Å². The van der Waals surface area contributed by atoms with Crippen molar-refractivity contribution in [1.82, 2.24) is 19.9 Å². The normalized spacial score (nSPS) is 19.2. The fourth-order valence-corrected chi connectivity index (χ4v) is 4.35. The Bertz CT molecular complexity index is 1130. The predicted molar refractivity (Wildman–Crippen MR) is 119 cm³/mol. The molecule has 4 rings (SSSR count). The van der Waals surface area contributed by atoms with Crippen molar-refractivity contribution in [2.75, 3.05) is 11.9 Å². The fraction of sp³-hybridized carbons (Fsp3) is 0.381. The smallest absolute Gasteiger partial charge is 0.353 e. The molecule has 32 heavy (non-hydrogen) atoms. The maximum Gasteiger partial charge on any atom is 0.416 e. The summed E-state index contributed by atoms with van der Waals surface area (Å²) in [6.07, 6.45) is 0.510. The van der Waals surface area contributed by atoms with Gasteiger partial charge in [0, 0.05) is 23.3 Å². The molecule has 1 fully saturated rings. The molecule has 0 aliphatic heterocycles. The van der Waals surface area contributed by atoms with Crippen LogP contribution in [0.1, 0.15) is 41.6 Å². The Morgan fingerprint density at radius 3 is 2.66 bits per heavy atom. The number of rotatable bonds is 5. The third kappa shape index (κ3) is 5.35. The highest BCUT2D eigenvalue weighted by molar-refractivity contribution is 9.10. The van der Waals surface area contributed by atoms with E-state index in [1.165, 1.54) is 0 Å². The van der Waals surface area contributed by atoms with Gasteiger partial charge in [-0.15, -0.1) is 5.10 Å². The van der Waals surface area contributed by atoms with E-state index in [0.29, 0.717) is 18.4 Å². The van der Waals surface area contributed by atoms with Crippen LogP contribution in [0.3, 0.4) is 0 Å². The van der Waals surface area contributed by atoms with Crippen LogP contribution in [0.2, 0.25) is 5.02 Å².